The van der Waals surface area contributed by atoms with Gasteiger partial charge in [0.25, 0.3) is 0 Å². The number of rotatable bonds is 3. The molecule has 1 fully saturated rings. The van der Waals surface area contributed by atoms with Gasteiger partial charge in [-0.25, -0.2) is 0 Å². The Bertz CT molecular complexity index is 438. The number of hydrogen-bond donors (Lipinski definition) is 1. The first kappa shape index (κ1) is 13.2. The zero-order valence-corrected chi connectivity index (χ0v) is 11.6. The van der Waals surface area contributed by atoms with E-state index in [0.29, 0.717) is 22.3 Å². The summed E-state index contributed by atoms with van der Waals surface area (Å²) < 4.78 is 5.93. The molecule has 3 atom stereocenters. The van der Waals surface area contributed by atoms with Crippen molar-refractivity contribution in [1.82, 2.24) is 10.2 Å². The summed E-state index contributed by atoms with van der Waals surface area (Å²) in [6.45, 7) is 4.56. The lowest BCUT2D eigenvalue weighted by molar-refractivity contribution is 0.0953. The molecule has 98 valence electrons. The Balaban J connectivity index is 2.08. The SMILES string of the molecule is CC1CCC(Oc2nnccc2C(N)=S)CC1C. The first-order valence-corrected chi connectivity index (χ1v) is 6.77. The molecule has 18 heavy (non-hydrogen) atoms. The highest BCUT2D eigenvalue weighted by atomic mass is 32.1. The summed E-state index contributed by atoms with van der Waals surface area (Å²) in [7, 11) is 0. The largest absolute Gasteiger partial charge is 0.473 e. The van der Waals surface area contributed by atoms with E-state index in [9.17, 15) is 0 Å². The maximum Gasteiger partial charge on any atom is 0.244 e. The number of ether oxygens (including phenoxy) is 1. The zero-order valence-electron chi connectivity index (χ0n) is 10.8. The van der Waals surface area contributed by atoms with Crippen LogP contribution in [0.5, 0.6) is 5.88 Å². The lowest BCUT2D eigenvalue weighted by Crippen LogP contribution is -2.29. The molecule has 5 heteroatoms. The fourth-order valence-electron chi connectivity index (χ4n) is 2.36. The molecule has 1 aliphatic carbocycles. The van der Waals surface area contributed by atoms with Crippen molar-refractivity contribution < 1.29 is 4.74 Å². The molecule has 1 heterocycles. The molecule has 4 nitrogen and oxygen atoms in total. The van der Waals surface area contributed by atoms with Gasteiger partial charge in [-0.1, -0.05) is 26.1 Å². The Hall–Kier alpha value is -1.23. The van der Waals surface area contributed by atoms with E-state index in [-0.39, 0.29) is 6.10 Å². The summed E-state index contributed by atoms with van der Waals surface area (Å²) in [4.78, 5) is 0.303. The zero-order chi connectivity index (χ0) is 13.1. The first-order chi connectivity index (χ1) is 8.58. The highest BCUT2D eigenvalue weighted by molar-refractivity contribution is 7.80. The molecule has 0 aromatic carbocycles. The summed E-state index contributed by atoms with van der Waals surface area (Å²) in [5.74, 6) is 1.91. The number of aromatic nitrogens is 2. The van der Waals surface area contributed by atoms with Crippen molar-refractivity contribution in [2.75, 3.05) is 0 Å². The number of nitrogens with two attached hydrogens (primary N) is 1. The summed E-state index contributed by atoms with van der Waals surface area (Å²) in [5.41, 5.74) is 6.33. The molecular formula is C13H19N3OS. The van der Waals surface area contributed by atoms with Crippen LogP contribution >= 0.6 is 12.2 Å². The van der Waals surface area contributed by atoms with E-state index in [1.807, 2.05) is 0 Å². The Morgan fingerprint density at radius 3 is 2.83 bits per heavy atom. The van der Waals surface area contributed by atoms with Gasteiger partial charge in [-0.05, 0) is 37.2 Å². The minimum absolute atomic E-state index is 0.195. The van der Waals surface area contributed by atoms with Gasteiger partial charge in [-0.2, -0.15) is 5.10 Å². The number of thiocarbonyl (C=S) groups is 1. The quantitative estimate of drug-likeness (QED) is 0.850. The molecule has 0 aliphatic heterocycles. The molecule has 0 radical (unpaired) electrons. The Labute approximate surface area is 113 Å². The lowest BCUT2D eigenvalue weighted by atomic mass is 9.80. The van der Waals surface area contributed by atoms with Gasteiger partial charge in [-0.3, -0.25) is 0 Å². The normalized spacial score (nSPS) is 27.8. The molecule has 0 bridgehead atoms. The van der Waals surface area contributed by atoms with E-state index in [4.69, 9.17) is 22.7 Å². The van der Waals surface area contributed by atoms with E-state index in [0.717, 1.165) is 18.8 Å². The summed E-state index contributed by atoms with van der Waals surface area (Å²) in [6, 6.07) is 1.75. The van der Waals surface area contributed by atoms with Crippen molar-refractivity contribution in [3.05, 3.63) is 17.8 Å². The van der Waals surface area contributed by atoms with Crippen molar-refractivity contribution >= 4 is 17.2 Å². The summed E-state index contributed by atoms with van der Waals surface area (Å²) in [6.07, 6.45) is 5.07. The van der Waals surface area contributed by atoms with Gasteiger partial charge in [0.05, 0.1) is 11.8 Å². The van der Waals surface area contributed by atoms with Crippen LogP contribution in [0.3, 0.4) is 0 Å². The minimum atomic E-state index is 0.195. The number of hydrogen-bond acceptors (Lipinski definition) is 4. The minimum Gasteiger partial charge on any atom is -0.473 e. The van der Waals surface area contributed by atoms with Crippen LogP contribution in [0.2, 0.25) is 0 Å². The standard InChI is InChI=1S/C13H19N3OS/c1-8-3-4-10(7-9(8)2)17-13-11(12(14)18)5-6-15-16-13/h5-6,8-10H,3-4,7H2,1-2H3,(H2,14,18). The second kappa shape index (κ2) is 5.61. The summed E-state index contributed by atoms with van der Waals surface area (Å²) in [5, 5.41) is 7.84. The van der Waals surface area contributed by atoms with Gasteiger partial charge >= 0.3 is 0 Å². The van der Waals surface area contributed by atoms with Crippen molar-refractivity contribution in [3.63, 3.8) is 0 Å². The van der Waals surface area contributed by atoms with Crippen LogP contribution in [0.1, 0.15) is 38.7 Å². The molecule has 1 aromatic heterocycles. The van der Waals surface area contributed by atoms with Crippen LogP contribution < -0.4 is 10.5 Å². The fourth-order valence-corrected chi connectivity index (χ4v) is 2.51. The van der Waals surface area contributed by atoms with Gasteiger partial charge in [0.15, 0.2) is 0 Å². The third-order valence-corrected chi connectivity index (χ3v) is 4.00. The molecule has 2 rings (SSSR count). The van der Waals surface area contributed by atoms with Crippen LogP contribution in [0.15, 0.2) is 12.3 Å². The highest BCUT2D eigenvalue weighted by Crippen LogP contribution is 2.31. The monoisotopic (exact) mass is 265 g/mol. The van der Waals surface area contributed by atoms with Crippen LogP contribution in [0.4, 0.5) is 0 Å². The van der Waals surface area contributed by atoms with Gasteiger partial charge in [-0.15, -0.1) is 5.10 Å². The van der Waals surface area contributed by atoms with E-state index < -0.39 is 0 Å². The van der Waals surface area contributed by atoms with Crippen molar-refractivity contribution in [3.8, 4) is 5.88 Å². The maximum absolute atomic E-state index is 5.93. The third-order valence-electron chi connectivity index (χ3n) is 3.78. The molecule has 0 amide bonds. The van der Waals surface area contributed by atoms with E-state index in [2.05, 4.69) is 24.0 Å². The van der Waals surface area contributed by atoms with E-state index >= 15 is 0 Å². The smallest absolute Gasteiger partial charge is 0.244 e. The van der Waals surface area contributed by atoms with E-state index in [1.54, 1.807) is 12.3 Å². The molecular weight excluding hydrogens is 246 g/mol. The second-order valence-electron chi connectivity index (χ2n) is 5.12. The molecule has 0 spiro atoms. The summed E-state index contributed by atoms with van der Waals surface area (Å²) >= 11 is 4.99. The Morgan fingerprint density at radius 2 is 2.17 bits per heavy atom. The molecule has 1 aromatic rings. The predicted octanol–water partition coefficient (Wildman–Crippen LogP) is 2.31. The van der Waals surface area contributed by atoms with E-state index in [1.165, 1.54) is 6.42 Å². The van der Waals surface area contributed by atoms with Gasteiger partial charge in [0.2, 0.25) is 5.88 Å². The van der Waals surface area contributed by atoms with Gasteiger partial charge < -0.3 is 10.5 Å². The average Bonchev–Trinajstić information content (AvgIpc) is 2.34. The highest BCUT2D eigenvalue weighted by Gasteiger charge is 2.26. The molecule has 0 saturated heterocycles. The van der Waals surface area contributed by atoms with Gasteiger partial charge in [0, 0.05) is 0 Å². The van der Waals surface area contributed by atoms with Crippen LogP contribution in [0, 0.1) is 11.8 Å². The van der Waals surface area contributed by atoms with Crippen LogP contribution in [-0.2, 0) is 0 Å². The number of nitrogens with zero attached hydrogens (tertiary/aromatic N) is 2. The Morgan fingerprint density at radius 1 is 1.39 bits per heavy atom. The molecule has 3 unspecified atom stereocenters. The fraction of sp³-hybridized carbons (Fsp3) is 0.615. The van der Waals surface area contributed by atoms with Crippen molar-refractivity contribution in [1.29, 1.82) is 0 Å². The molecule has 2 N–H and O–H groups in total. The van der Waals surface area contributed by atoms with Gasteiger partial charge in [0.1, 0.15) is 11.1 Å². The average molecular weight is 265 g/mol. The predicted molar refractivity (Wildman–Crippen MR) is 74.5 cm³/mol. The molecule has 1 aliphatic rings. The lowest BCUT2D eigenvalue weighted by Gasteiger charge is -2.32. The Kier molecular flexibility index (Phi) is 4.11. The van der Waals surface area contributed by atoms with Crippen LogP contribution in [-0.4, -0.2) is 21.3 Å². The third kappa shape index (κ3) is 2.96. The second-order valence-corrected chi connectivity index (χ2v) is 5.56. The first-order valence-electron chi connectivity index (χ1n) is 6.36. The maximum atomic E-state index is 5.93. The van der Waals surface area contributed by atoms with Crippen molar-refractivity contribution in [2.45, 2.75) is 39.2 Å². The molecule has 1 saturated carbocycles. The topological polar surface area (TPSA) is 61.0 Å². The van der Waals surface area contributed by atoms with Crippen molar-refractivity contribution in [2.24, 2.45) is 17.6 Å². The van der Waals surface area contributed by atoms with Crippen LogP contribution in [0.25, 0.3) is 0 Å².